The van der Waals surface area contributed by atoms with E-state index in [2.05, 4.69) is 0 Å². The van der Waals surface area contributed by atoms with Gasteiger partial charge in [0.15, 0.2) is 0 Å². The van der Waals surface area contributed by atoms with Crippen LogP contribution in [0.25, 0.3) is 6.08 Å². The van der Waals surface area contributed by atoms with Crippen molar-refractivity contribution in [2.75, 3.05) is 0 Å². The maximum absolute atomic E-state index is 10.5. The van der Waals surface area contributed by atoms with Crippen LogP contribution in [0.2, 0.25) is 0 Å². The molecule has 0 aromatic heterocycles. The molecule has 1 aromatic carbocycles. The first-order valence-electron chi connectivity index (χ1n) is 4.74. The highest BCUT2D eigenvalue weighted by atomic mass is 16.1. The van der Waals surface area contributed by atoms with Crippen molar-refractivity contribution in [2.45, 2.75) is 13.3 Å². The zero-order valence-corrected chi connectivity index (χ0v) is 8.31. The Morgan fingerprint density at radius 1 is 1.29 bits per heavy atom. The molecule has 1 heteroatoms. The normalized spacial score (nSPS) is 11.9. The van der Waals surface area contributed by atoms with Crippen LogP contribution < -0.4 is 0 Å². The number of allylic oxidation sites excluding steroid dienone is 3. The molecule has 0 amide bonds. The summed E-state index contributed by atoms with van der Waals surface area (Å²) >= 11 is 0. The van der Waals surface area contributed by atoms with Gasteiger partial charge in [0.05, 0.1) is 0 Å². The van der Waals surface area contributed by atoms with Crippen molar-refractivity contribution in [1.82, 2.24) is 0 Å². The van der Waals surface area contributed by atoms with Gasteiger partial charge in [-0.3, -0.25) is 4.79 Å². The lowest BCUT2D eigenvalue weighted by molar-refractivity contribution is -0.105. The number of aldehydes is 1. The predicted molar refractivity (Wildman–Crippen MR) is 59.9 cm³/mol. The van der Waals surface area contributed by atoms with Crippen molar-refractivity contribution in [3.63, 3.8) is 0 Å². The molecule has 0 heterocycles. The van der Waals surface area contributed by atoms with Crippen LogP contribution in [-0.4, -0.2) is 6.29 Å². The Labute approximate surface area is 84.8 Å². The molecule has 1 rings (SSSR count). The minimum atomic E-state index is 0.780. The van der Waals surface area contributed by atoms with E-state index in [0.717, 1.165) is 23.8 Å². The molecule has 0 aliphatic carbocycles. The second-order valence-corrected chi connectivity index (χ2v) is 2.98. The van der Waals surface area contributed by atoms with Crippen LogP contribution in [0.4, 0.5) is 0 Å². The fraction of sp³-hybridized carbons (Fsp3) is 0.154. The first-order valence-corrected chi connectivity index (χ1v) is 4.74. The largest absolute Gasteiger partial charge is 0.298 e. The van der Waals surface area contributed by atoms with Crippen molar-refractivity contribution in [3.05, 3.63) is 53.6 Å². The summed E-state index contributed by atoms with van der Waals surface area (Å²) in [7, 11) is 0. The third-order valence-corrected chi connectivity index (χ3v) is 1.96. The second kappa shape index (κ2) is 5.92. The standard InChI is InChI=1S/C13H14O/c1-2-12(11-14)9-6-10-13-7-4-3-5-8-13/h3-11H,2H2,1H3/b10-6+,12-9+. The number of carbonyl (C=O) groups excluding carboxylic acids is 1. The third kappa shape index (κ3) is 3.40. The number of hydrogen-bond donors (Lipinski definition) is 0. The van der Waals surface area contributed by atoms with E-state index >= 15 is 0 Å². The summed E-state index contributed by atoms with van der Waals surface area (Å²) in [6.07, 6.45) is 7.42. The smallest absolute Gasteiger partial charge is 0.146 e. The fourth-order valence-electron chi connectivity index (χ4n) is 1.09. The molecule has 0 saturated heterocycles. The zero-order valence-electron chi connectivity index (χ0n) is 8.31. The van der Waals surface area contributed by atoms with Gasteiger partial charge in [0, 0.05) is 0 Å². The van der Waals surface area contributed by atoms with Gasteiger partial charge in [-0.25, -0.2) is 0 Å². The first-order chi connectivity index (χ1) is 6.86. The van der Waals surface area contributed by atoms with Crippen LogP contribution in [0, 0.1) is 0 Å². The van der Waals surface area contributed by atoms with Crippen LogP contribution in [0.15, 0.2) is 48.1 Å². The van der Waals surface area contributed by atoms with Gasteiger partial charge in [0.1, 0.15) is 6.29 Å². The molecule has 0 saturated carbocycles. The second-order valence-electron chi connectivity index (χ2n) is 2.98. The topological polar surface area (TPSA) is 17.1 Å². The number of hydrogen-bond acceptors (Lipinski definition) is 1. The highest BCUT2D eigenvalue weighted by Crippen LogP contribution is 2.02. The monoisotopic (exact) mass is 186 g/mol. The summed E-state index contributed by atoms with van der Waals surface area (Å²) in [4.78, 5) is 10.5. The summed E-state index contributed by atoms with van der Waals surface area (Å²) in [5.41, 5.74) is 1.96. The average Bonchev–Trinajstić information content (AvgIpc) is 2.26. The van der Waals surface area contributed by atoms with Gasteiger partial charge < -0.3 is 0 Å². The molecule has 0 radical (unpaired) electrons. The van der Waals surface area contributed by atoms with Crippen molar-refractivity contribution in [2.24, 2.45) is 0 Å². The van der Waals surface area contributed by atoms with Crippen LogP contribution in [0.3, 0.4) is 0 Å². The SMILES string of the molecule is CC/C(C=O)=C\C=C\c1ccccc1. The molecule has 0 atom stereocenters. The molecule has 1 nitrogen and oxygen atoms in total. The minimum Gasteiger partial charge on any atom is -0.298 e. The van der Waals surface area contributed by atoms with Gasteiger partial charge in [-0.2, -0.15) is 0 Å². The Morgan fingerprint density at radius 3 is 2.57 bits per heavy atom. The Balaban J connectivity index is 2.65. The highest BCUT2D eigenvalue weighted by molar-refractivity contribution is 5.74. The highest BCUT2D eigenvalue weighted by Gasteiger charge is 1.86. The van der Waals surface area contributed by atoms with Crippen LogP contribution >= 0.6 is 0 Å². The molecular weight excluding hydrogens is 172 g/mol. The summed E-state index contributed by atoms with van der Waals surface area (Å²) in [6, 6.07) is 10.0. The molecule has 0 N–H and O–H groups in total. The fourth-order valence-corrected chi connectivity index (χ4v) is 1.09. The van der Waals surface area contributed by atoms with Crippen LogP contribution in [0.5, 0.6) is 0 Å². The molecule has 0 aliphatic rings. The van der Waals surface area contributed by atoms with Gasteiger partial charge >= 0.3 is 0 Å². The summed E-state index contributed by atoms with van der Waals surface area (Å²) in [5.74, 6) is 0. The maximum Gasteiger partial charge on any atom is 0.146 e. The quantitative estimate of drug-likeness (QED) is 0.401. The summed E-state index contributed by atoms with van der Waals surface area (Å²) in [5, 5.41) is 0. The molecule has 14 heavy (non-hydrogen) atoms. The van der Waals surface area contributed by atoms with Crippen LogP contribution in [0.1, 0.15) is 18.9 Å². The maximum atomic E-state index is 10.5. The van der Waals surface area contributed by atoms with Gasteiger partial charge in [0.25, 0.3) is 0 Å². The van der Waals surface area contributed by atoms with Gasteiger partial charge in [-0.15, -0.1) is 0 Å². The molecule has 72 valence electrons. The molecular formula is C13H14O. The Hall–Kier alpha value is -1.63. The van der Waals surface area contributed by atoms with E-state index < -0.39 is 0 Å². The molecule has 1 aromatic rings. The van der Waals surface area contributed by atoms with Crippen molar-refractivity contribution in [1.29, 1.82) is 0 Å². The molecule has 0 bridgehead atoms. The zero-order chi connectivity index (χ0) is 10.2. The lowest BCUT2D eigenvalue weighted by atomic mass is 10.2. The van der Waals surface area contributed by atoms with E-state index in [0.29, 0.717) is 0 Å². The molecule has 0 aliphatic heterocycles. The van der Waals surface area contributed by atoms with Gasteiger partial charge in [-0.05, 0) is 17.6 Å². The summed E-state index contributed by atoms with van der Waals surface area (Å²) in [6.45, 7) is 1.97. The van der Waals surface area contributed by atoms with Crippen molar-refractivity contribution in [3.8, 4) is 0 Å². The van der Waals surface area contributed by atoms with E-state index in [1.165, 1.54) is 0 Å². The number of carbonyl (C=O) groups is 1. The van der Waals surface area contributed by atoms with Gasteiger partial charge in [0.2, 0.25) is 0 Å². The molecule has 0 spiro atoms. The van der Waals surface area contributed by atoms with Gasteiger partial charge in [-0.1, -0.05) is 55.5 Å². The van der Waals surface area contributed by atoms with Crippen molar-refractivity contribution >= 4 is 12.4 Å². The molecule has 0 fully saturated rings. The minimum absolute atomic E-state index is 0.780. The first kappa shape index (κ1) is 10.5. The Kier molecular flexibility index (Phi) is 4.42. The van der Waals surface area contributed by atoms with E-state index in [9.17, 15) is 4.79 Å². The van der Waals surface area contributed by atoms with Crippen molar-refractivity contribution < 1.29 is 4.79 Å². The lowest BCUT2D eigenvalue weighted by Crippen LogP contribution is -1.78. The van der Waals surface area contributed by atoms with E-state index in [1.54, 1.807) is 0 Å². The van der Waals surface area contributed by atoms with E-state index in [4.69, 9.17) is 0 Å². The van der Waals surface area contributed by atoms with E-state index in [1.807, 2.05) is 55.5 Å². The number of benzene rings is 1. The number of rotatable bonds is 4. The predicted octanol–water partition coefficient (Wildman–Crippen LogP) is 3.24. The lowest BCUT2D eigenvalue weighted by Gasteiger charge is -1.90. The average molecular weight is 186 g/mol. The van der Waals surface area contributed by atoms with Crippen LogP contribution in [-0.2, 0) is 4.79 Å². The molecule has 0 unspecified atom stereocenters. The third-order valence-electron chi connectivity index (χ3n) is 1.96. The Morgan fingerprint density at radius 2 is 2.00 bits per heavy atom. The summed E-state index contributed by atoms with van der Waals surface area (Å²) < 4.78 is 0. The van der Waals surface area contributed by atoms with E-state index in [-0.39, 0.29) is 0 Å². The Bertz CT molecular complexity index is 334.